The maximum atomic E-state index is 11.1. The van der Waals surface area contributed by atoms with Crippen LogP contribution in [-0.4, -0.2) is 22.0 Å². The number of amides is 1. The lowest BCUT2D eigenvalue weighted by atomic mass is 10.3. The average Bonchev–Trinajstić information content (AvgIpc) is 2.62. The van der Waals surface area contributed by atoms with Gasteiger partial charge in [-0.25, -0.2) is 4.98 Å². The van der Waals surface area contributed by atoms with Crippen molar-refractivity contribution in [1.29, 1.82) is 5.26 Å². The van der Waals surface area contributed by atoms with Crippen LogP contribution >= 0.6 is 11.3 Å². The molecule has 2 N–H and O–H groups in total. The van der Waals surface area contributed by atoms with E-state index >= 15 is 0 Å². The highest BCUT2D eigenvalue weighted by Crippen LogP contribution is 2.16. The number of carboxylic acid groups (broad SMARTS) is 1. The van der Waals surface area contributed by atoms with Crippen molar-refractivity contribution in [3.63, 3.8) is 0 Å². The third-order valence-electron chi connectivity index (χ3n) is 1.43. The summed E-state index contributed by atoms with van der Waals surface area (Å²) in [4.78, 5) is 25.5. The van der Waals surface area contributed by atoms with Gasteiger partial charge < -0.3 is 10.4 Å². The molecular weight excluding hydrogens is 218 g/mol. The van der Waals surface area contributed by atoms with Gasteiger partial charge in [0.2, 0.25) is 5.91 Å². The summed E-state index contributed by atoms with van der Waals surface area (Å²) in [5.74, 6) is -1.45. The molecule has 0 aliphatic carbocycles. The van der Waals surface area contributed by atoms with Crippen LogP contribution in [0.15, 0.2) is 6.20 Å². The molecule has 15 heavy (non-hydrogen) atoms. The fourth-order valence-electron chi connectivity index (χ4n) is 0.786. The summed E-state index contributed by atoms with van der Waals surface area (Å²) < 4.78 is 0. The van der Waals surface area contributed by atoms with E-state index in [-0.39, 0.29) is 12.8 Å². The summed E-state index contributed by atoms with van der Waals surface area (Å²) in [7, 11) is 0. The molecule has 6 nitrogen and oxygen atoms in total. The Morgan fingerprint density at radius 2 is 2.33 bits per heavy atom. The maximum absolute atomic E-state index is 11.1. The van der Waals surface area contributed by atoms with Crippen LogP contribution in [0.4, 0.5) is 5.13 Å². The predicted molar refractivity (Wildman–Crippen MR) is 52.3 cm³/mol. The van der Waals surface area contributed by atoms with Crippen molar-refractivity contribution >= 4 is 28.3 Å². The third kappa shape index (κ3) is 3.74. The fraction of sp³-hybridized carbons (Fsp3) is 0.250. The molecule has 7 heteroatoms. The standard InChI is InChI=1S/C8H7N3O3S/c9-3-5-4-10-8(15-5)11-6(12)1-2-7(13)14/h4H,1-2H2,(H,13,14)(H,10,11,12). The second-order valence-corrected chi connectivity index (χ2v) is 3.61. The quantitative estimate of drug-likeness (QED) is 0.789. The molecule has 78 valence electrons. The number of rotatable bonds is 4. The van der Waals surface area contributed by atoms with Crippen LogP contribution < -0.4 is 5.32 Å². The van der Waals surface area contributed by atoms with Crippen molar-refractivity contribution in [3.8, 4) is 6.07 Å². The molecular formula is C8H7N3O3S. The van der Waals surface area contributed by atoms with E-state index in [2.05, 4.69) is 10.3 Å². The Morgan fingerprint density at radius 3 is 2.87 bits per heavy atom. The van der Waals surface area contributed by atoms with Crippen molar-refractivity contribution < 1.29 is 14.7 Å². The zero-order valence-electron chi connectivity index (χ0n) is 7.56. The first-order chi connectivity index (χ1) is 7.11. The molecule has 0 unspecified atom stereocenters. The topological polar surface area (TPSA) is 103 Å². The number of carbonyl (C=O) groups is 2. The van der Waals surface area contributed by atoms with Crippen LogP contribution in [-0.2, 0) is 9.59 Å². The van der Waals surface area contributed by atoms with Crippen LogP contribution in [0, 0.1) is 11.3 Å². The van der Waals surface area contributed by atoms with E-state index in [1.807, 2.05) is 6.07 Å². The zero-order chi connectivity index (χ0) is 11.3. The first-order valence-corrected chi connectivity index (χ1v) is 4.81. The molecule has 0 saturated carbocycles. The highest BCUT2D eigenvalue weighted by molar-refractivity contribution is 7.16. The molecule has 0 aliphatic rings. The molecule has 1 aromatic heterocycles. The second-order valence-electron chi connectivity index (χ2n) is 2.58. The molecule has 0 saturated heterocycles. The molecule has 1 heterocycles. The number of hydrogen-bond acceptors (Lipinski definition) is 5. The number of aliphatic carboxylic acids is 1. The summed E-state index contributed by atoms with van der Waals surface area (Å²) in [5, 5.41) is 19.5. The monoisotopic (exact) mass is 225 g/mol. The van der Waals surface area contributed by atoms with Gasteiger partial charge in [-0.15, -0.1) is 0 Å². The molecule has 0 atom stereocenters. The van der Waals surface area contributed by atoms with Crippen molar-refractivity contribution in [2.45, 2.75) is 12.8 Å². The van der Waals surface area contributed by atoms with Gasteiger partial charge >= 0.3 is 5.97 Å². The smallest absolute Gasteiger partial charge is 0.303 e. The van der Waals surface area contributed by atoms with Gasteiger partial charge in [0.05, 0.1) is 12.6 Å². The van der Waals surface area contributed by atoms with Gasteiger partial charge in [-0.1, -0.05) is 11.3 Å². The Hall–Kier alpha value is -1.94. The minimum absolute atomic E-state index is 0.100. The number of carboxylic acids is 1. The average molecular weight is 225 g/mol. The van der Waals surface area contributed by atoms with Crippen molar-refractivity contribution in [2.75, 3.05) is 5.32 Å². The van der Waals surface area contributed by atoms with Gasteiger partial charge in [0.1, 0.15) is 10.9 Å². The Balaban J connectivity index is 2.45. The van der Waals surface area contributed by atoms with Crippen LogP contribution in [0.2, 0.25) is 0 Å². The SMILES string of the molecule is N#Cc1cnc(NC(=O)CCC(=O)O)s1. The van der Waals surface area contributed by atoms with Crippen LogP contribution in [0.3, 0.4) is 0 Å². The van der Waals surface area contributed by atoms with E-state index in [9.17, 15) is 9.59 Å². The number of aromatic nitrogens is 1. The molecule has 0 bridgehead atoms. The van der Waals surface area contributed by atoms with E-state index < -0.39 is 11.9 Å². The lowest BCUT2D eigenvalue weighted by Crippen LogP contribution is -2.12. The minimum Gasteiger partial charge on any atom is -0.481 e. The lowest BCUT2D eigenvalue weighted by Gasteiger charge is -1.98. The van der Waals surface area contributed by atoms with Gasteiger partial charge in [0.25, 0.3) is 0 Å². The van der Waals surface area contributed by atoms with Crippen molar-refractivity contribution in [2.24, 2.45) is 0 Å². The largest absolute Gasteiger partial charge is 0.481 e. The maximum Gasteiger partial charge on any atom is 0.303 e. The lowest BCUT2D eigenvalue weighted by molar-refractivity contribution is -0.138. The zero-order valence-corrected chi connectivity index (χ0v) is 8.37. The first-order valence-electron chi connectivity index (χ1n) is 3.99. The van der Waals surface area contributed by atoms with Gasteiger partial charge in [0.15, 0.2) is 5.13 Å². The van der Waals surface area contributed by atoms with Crippen LogP contribution in [0.5, 0.6) is 0 Å². The van der Waals surface area contributed by atoms with E-state index in [1.165, 1.54) is 6.20 Å². The highest BCUT2D eigenvalue weighted by atomic mass is 32.1. The van der Waals surface area contributed by atoms with Crippen molar-refractivity contribution in [1.82, 2.24) is 4.98 Å². The highest BCUT2D eigenvalue weighted by Gasteiger charge is 2.08. The number of anilines is 1. The van der Waals surface area contributed by atoms with Crippen molar-refractivity contribution in [3.05, 3.63) is 11.1 Å². The van der Waals surface area contributed by atoms with Gasteiger partial charge in [-0.2, -0.15) is 5.26 Å². The number of nitrogens with zero attached hydrogens (tertiary/aromatic N) is 2. The molecule has 0 aromatic carbocycles. The Labute approximate surface area is 89.2 Å². The van der Waals surface area contributed by atoms with E-state index in [0.29, 0.717) is 10.0 Å². The molecule has 0 fully saturated rings. The van der Waals surface area contributed by atoms with E-state index in [1.54, 1.807) is 0 Å². The molecule has 1 amide bonds. The minimum atomic E-state index is -1.03. The fourth-order valence-corrected chi connectivity index (χ4v) is 1.42. The first kappa shape index (κ1) is 11.1. The van der Waals surface area contributed by atoms with Gasteiger partial charge in [-0.3, -0.25) is 9.59 Å². The summed E-state index contributed by atoms with van der Waals surface area (Å²) in [6.45, 7) is 0. The van der Waals surface area contributed by atoms with Crippen LogP contribution in [0.1, 0.15) is 17.7 Å². The number of carbonyl (C=O) groups excluding carboxylic acids is 1. The molecule has 0 radical (unpaired) electrons. The second kappa shape index (κ2) is 5.07. The van der Waals surface area contributed by atoms with Crippen LogP contribution in [0.25, 0.3) is 0 Å². The normalized spacial score (nSPS) is 9.27. The van der Waals surface area contributed by atoms with E-state index in [4.69, 9.17) is 10.4 Å². The molecule has 1 rings (SSSR count). The number of hydrogen-bond donors (Lipinski definition) is 2. The third-order valence-corrected chi connectivity index (χ3v) is 2.25. The molecule has 1 aromatic rings. The Bertz CT molecular complexity index is 421. The predicted octanol–water partition coefficient (Wildman–Crippen LogP) is 0.818. The number of thiazole rings is 1. The van der Waals surface area contributed by atoms with Gasteiger partial charge in [-0.05, 0) is 0 Å². The summed E-state index contributed by atoms with van der Waals surface area (Å²) >= 11 is 1.04. The number of nitrogens with one attached hydrogen (secondary N) is 1. The number of nitriles is 1. The summed E-state index contributed by atoms with van der Waals surface area (Å²) in [6, 6.07) is 1.88. The summed E-state index contributed by atoms with van der Waals surface area (Å²) in [6.07, 6.45) is 1.02. The summed E-state index contributed by atoms with van der Waals surface area (Å²) in [5.41, 5.74) is 0. The Morgan fingerprint density at radius 1 is 1.60 bits per heavy atom. The van der Waals surface area contributed by atoms with E-state index in [0.717, 1.165) is 11.3 Å². The Kier molecular flexibility index (Phi) is 3.76. The molecule has 0 spiro atoms. The molecule has 0 aliphatic heterocycles. The van der Waals surface area contributed by atoms with Gasteiger partial charge in [0, 0.05) is 6.42 Å².